The summed E-state index contributed by atoms with van der Waals surface area (Å²) in [4.78, 5) is 31.7. The molecule has 0 radical (unpaired) electrons. The summed E-state index contributed by atoms with van der Waals surface area (Å²) in [5.74, 6) is 1.94. The molecular formula is C33H34N2O9. The number of hydrogen-bond acceptors (Lipinski definition) is 10. The number of ether oxygens (including phenoxy) is 6. The van der Waals surface area contributed by atoms with Crippen LogP contribution in [0.2, 0.25) is 0 Å². The monoisotopic (exact) mass is 602 g/mol. The zero-order valence-electron chi connectivity index (χ0n) is 25.7. The number of fused-ring (bicyclic) bond motifs is 2. The predicted molar refractivity (Wildman–Crippen MR) is 166 cm³/mol. The molecule has 0 bridgehead atoms. The standard InChI is InChI=1S/C33H34N2O9/c1-18-9-10-22-28(19(18)2)34-17-35(33(22)37)11-8-12-43-32-29(36)27-23(39-4)15-21(38-3)16-24(27)44-30(32)20-13-25(40-5)31(42-7)26(14-20)41-6/h9-10,13-17H,8,11-12H2,1-7H3. The summed E-state index contributed by atoms with van der Waals surface area (Å²) in [7, 11) is 7.46. The quantitative estimate of drug-likeness (QED) is 0.184. The van der Waals surface area contributed by atoms with Gasteiger partial charge in [-0.2, -0.15) is 0 Å². The zero-order valence-corrected chi connectivity index (χ0v) is 25.7. The zero-order chi connectivity index (χ0) is 31.5. The van der Waals surface area contributed by atoms with Crippen LogP contribution in [0, 0.1) is 13.8 Å². The van der Waals surface area contributed by atoms with Crippen molar-refractivity contribution in [2.24, 2.45) is 0 Å². The predicted octanol–water partition coefficient (Wildman–Crippen LogP) is 5.30. The van der Waals surface area contributed by atoms with Crippen molar-refractivity contribution in [2.45, 2.75) is 26.8 Å². The lowest BCUT2D eigenvalue weighted by Gasteiger charge is -2.17. The number of methoxy groups -OCH3 is 5. The maximum atomic E-state index is 14.0. The maximum absolute atomic E-state index is 14.0. The van der Waals surface area contributed by atoms with E-state index in [0.29, 0.717) is 52.4 Å². The molecule has 11 heteroatoms. The van der Waals surface area contributed by atoms with Gasteiger partial charge in [0.15, 0.2) is 17.3 Å². The highest BCUT2D eigenvalue weighted by atomic mass is 16.5. The lowest BCUT2D eigenvalue weighted by atomic mass is 10.1. The minimum atomic E-state index is -0.440. The number of aromatic nitrogens is 2. The summed E-state index contributed by atoms with van der Waals surface area (Å²) in [6, 6.07) is 10.3. The first-order chi connectivity index (χ1) is 21.3. The van der Waals surface area contributed by atoms with E-state index in [2.05, 4.69) is 4.98 Å². The summed E-state index contributed by atoms with van der Waals surface area (Å²) in [5.41, 5.74) is 2.85. The fourth-order valence-electron chi connectivity index (χ4n) is 5.10. The van der Waals surface area contributed by atoms with Crippen LogP contribution in [0.4, 0.5) is 0 Å². The number of rotatable bonds is 11. The highest BCUT2D eigenvalue weighted by Crippen LogP contribution is 2.44. The van der Waals surface area contributed by atoms with Crippen molar-refractivity contribution in [2.75, 3.05) is 42.2 Å². The molecule has 0 aliphatic carbocycles. The molecule has 0 spiro atoms. The summed E-state index contributed by atoms with van der Waals surface area (Å²) in [5, 5.41) is 0.749. The molecule has 0 N–H and O–H groups in total. The third-order valence-electron chi connectivity index (χ3n) is 7.58. The average molecular weight is 603 g/mol. The van der Waals surface area contributed by atoms with E-state index in [1.54, 1.807) is 41.2 Å². The second kappa shape index (κ2) is 12.6. The van der Waals surface area contributed by atoms with E-state index < -0.39 is 5.43 Å². The second-order valence-electron chi connectivity index (χ2n) is 10.1. The Kier molecular flexibility index (Phi) is 8.66. The van der Waals surface area contributed by atoms with Crippen LogP contribution < -0.4 is 39.4 Å². The smallest absolute Gasteiger partial charge is 0.261 e. The minimum absolute atomic E-state index is 0.0367. The van der Waals surface area contributed by atoms with Crippen molar-refractivity contribution in [1.29, 1.82) is 0 Å². The maximum Gasteiger partial charge on any atom is 0.261 e. The van der Waals surface area contributed by atoms with Crippen LogP contribution in [0.5, 0.6) is 34.5 Å². The van der Waals surface area contributed by atoms with E-state index in [1.807, 2.05) is 19.9 Å². The Balaban J connectivity index is 1.55. The topological polar surface area (TPSA) is 120 Å². The first-order valence-electron chi connectivity index (χ1n) is 13.9. The number of benzene rings is 3. The number of aryl methyl sites for hydroxylation is 3. The van der Waals surface area contributed by atoms with E-state index in [4.69, 9.17) is 32.8 Å². The lowest BCUT2D eigenvalue weighted by Crippen LogP contribution is -2.22. The van der Waals surface area contributed by atoms with Gasteiger partial charge in [0.25, 0.3) is 5.56 Å². The largest absolute Gasteiger partial charge is 0.496 e. The number of hydrogen-bond donors (Lipinski definition) is 0. The van der Waals surface area contributed by atoms with Crippen LogP contribution >= 0.6 is 0 Å². The third-order valence-corrected chi connectivity index (χ3v) is 7.58. The van der Waals surface area contributed by atoms with Crippen LogP contribution in [-0.4, -0.2) is 51.7 Å². The van der Waals surface area contributed by atoms with Gasteiger partial charge in [0.1, 0.15) is 22.5 Å². The molecule has 2 aromatic heterocycles. The molecular weight excluding hydrogens is 568 g/mol. The van der Waals surface area contributed by atoms with Gasteiger partial charge in [-0.25, -0.2) is 4.98 Å². The Hall–Kier alpha value is -5.19. The Morgan fingerprint density at radius 2 is 1.52 bits per heavy atom. The van der Waals surface area contributed by atoms with E-state index in [0.717, 1.165) is 11.1 Å². The van der Waals surface area contributed by atoms with Crippen LogP contribution in [0.1, 0.15) is 17.5 Å². The van der Waals surface area contributed by atoms with E-state index >= 15 is 0 Å². The molecule has 230 valence electrons. The van der Waals surface area contributed by atoms with E-state index in [1.165, 1.54) is 35.5 Å². The van der Waals surface area contributed by atoms with Gasteiger partial charge < -0.3 is 32.8 Å². The van der Waals surface area contributed by atoms with Crippen LogP contribution in [0.25, 0.3) is 33.2 Å². The molecule has 0 aliphatic heterocycles. The van der Waals surface area contributed by atoms with Gasteiger partial charge in [0, 0.05) is 24.2 Å². The summed E-state index contributed by atoms with van der Waals surface area (Å²) in [6.45, 7) is 4.37. The molecule has 0 saturated carbocycles. The highest BCUT2D eigenvalue weighted by Gasteiger charge is 2.24. The van der Waals surface area contributed by atoms with Crippen molar-refractivity contribution >= 4 is 21.9 Å². The molecule has 44 heavy (non-hydrogen) atoms. The normalized spacial score (nSPS) is 11.1. The SMILES string of the molecule is COc1cc(OC)c2c(=O)c(OCCCn3cnc4c(C)c(C)ccc4c3=O)c(-c3cc(OC)c(OC)c(OC)c3)oc2c1. The van der Waals surface area contributed by atoms with E-state index in [9.17, 15) is 9.59 Å². The third kappa shape index (κ3) is 5.36. The molecule has 5 rings (SSSR count). The molecule has 0 atom stereocenters. The fourth-order valence-corrected chi connectivity index (χ4v) is 5.10. The molecule has 0 fully saturated rings. The van der Waals surface area contributed by atoms with Gasteiger partial charge in [-0.15, -0.1) is 0 Å². The van der Waals surface area contributed by atoms with Crippen molar-refractivity contribution in [3.8, 4) is 45.8 Å². The fraction of sp³-hybridized carbons (Fsp3) is 0.303. The van der Waals surface area contributed by atoms with Crippen molar-refractivity contribution in [3.63, 3.8) is 0 Å². The summed E-state index contributed by atoms with van der Waals surface area (Å²) < 4.78 is 41.4. The van der Waals surface area contributed by atoms with Crippen LogP contribution in [0.3, 0.4) is 0 Å². The van der Waals surface area contributed by atoms with Gasteiger partial charge in [0.2, 0.25) is 16.9 Å². The van der Waals surface area contributed by atoms with Crippen LogP contribution in [-0.2, 0) is 6.54 Å². The molecule has 2 heterocycles. The molecule has 3 aromatic carbocycles. The number of nitrogens with zero attached hydrogens (tertiary/aromatic N) is 2. The lowest BCUT2D eigenvalue weighted by molar-refractivity contribution is 0.293. The molecule has 11 nitrogen and oxygen atoms in total. The summed E-state index contributed by atoms with van der Waals surface area (Å²) in [6.07, 6.45) is 1.95. The van der Waals surface area contributed by atoms with Gasteiger partial charge in [0.05, 0.1) is 59.4 Å². The Bertz CT molecular complexity index is 1950. The van der Waals surface area contributed by atoms with Crippen molar-refractivity contribution in [1.82, 2.24) is 9.55 Å². The Morgan fingerprint density at radius 1 is 0.818 bits per heavy atom. The van der Waals surface area contributed by atoms with Gasteiger partial charge >= 0.3 is 0 Å². The molecule has 5 aromatic rings. The Labute approximate surface area is 253 Å². The second-order valence-corrected chi connectivity index (χ2v) is 10.1. The first kappa shape index (κ1) is 30.3. The molecule has 0 unspecified atom stereocenters. The Morgan fingerprint density at radius 3 is 2.16 bits per heavy atom. The van der Waals surface area contributed by atoms with Crippen molar-refractivity contribution < 1.29 is 32.8 Å². The van der Waals surface area contributed by atoms with Gasteiger partial charge in [-0.3, -0.25) is 14.2 Å². The van der Waals surface area contributed by atoms with Gasteiger partial charge in [-0.05, 0) is 49.6 Å². The highest BCUT2D eigenvalue weighted by molar-refractivity contribution is 5.89. The van der Waals surface area contributed by atoms with Crippen LogP contribution in [0.15, 0.2) is 56.7 Å². The molecule has 0 saturated heterocycles. The first-order valence-corrected chi connectivity index (χ1v) is 13.9. The van der Waals surface area contributed by atoms with E-state index in [-0.39, 0.29) is 40.4 Å². The average Bonchev–Trinajstić information content (AvgIpc) is 3.04. The molecule has 0 amide bonds. The molecule has 0 aliphatic rings. The van der Waals surface area contributed by atoms with Crippen molar-refractivity contribution in [3.05, 3.63) is 74.4 Å². The minimum Gasteiger partial charge on any atom is -0.496 e. The summed E-state index contributed by atoms with van der Waals surface area (Å²) >= 11 is 0. The van der Waals surface area contributed by atoms with Gasteiger partial charge in [-0.1, -0.05) is 6.07 Å².